The summed E-state index contributed by atoms with van der Waals surface area (Å²) in [6.45, 7) is 0.313. The fraction of sp³-hybridized carbons (Fsp3) is 0.167. The van der Waals surface area contributed by atoms with Crippen LogP contribution in [0.2, 0.25) is 0 Å². The van der Waals surface area contributed by atoms with Gasteiger partial charge >= 0.3 is 6.03 Å². The summed E-state index contributed by atoms with van der Waals surface area (Å²) in [6.07, 6.45) is 1.53. The van der Waals surface area contributed by atoms with Gasteiger partial charge in [-0.1, -0.05) is 30.3 Å². The number of hydrogen-bond donors (Lipinski definition) is 4. The number of carbonyl (C=O) groups is 2. The number of fused-ring (bicyclic) bond motifs is 1. The molecule has 0 heterocycles. The lowest BCUT2D eigenvalue weighted by Gasteiger charge is -2.15. The van der Waals surface area contributed by atoms with Crippen molar-refractivity contribution in [3.63, 3.8) is 0 Å². The molecule has 5 N–H and O–H groups in total. The summed E-state index contributed by atoms with van der Waals surface area (Å²) in [7, 11) is 0. The van der Waals surface area contributed by atoms with Crippen LogP contribution < -0.4 is 21.7 Å². The molecule has 158 valence electrons. The Kier molecular flexibility index (Phi) is 5.84. The van der Waals surface area contributed by atoms with E-state index in [-0.39, 0.29) is 23.8 Å². The van der Waals surface area contributed by atoms with E-state index in [1.165, 1.54) is 12.1 Å². The van der Waals surface area contributed by atoms with Gasteiger partial charge in [0, 0.05) is 12.1 Å². The third kappa shape index (κ3) is 4.83. The maximum Gasteiger partial charge on any atom is 0.315 e. The van der Waals surface area contributed by atoms with E-state index < -0.39 is 0 Å². The molecule has 1 aliphatic carbocycles. The number of nitrogens with two attached hydrogens (primary N) is 1. The van der Waals surface area contributed by atoms with Crippen molar-refractivity contribution in [3.8, 4) is 0 Å². The highest BCUT2D eigenvalue weighted by atomic mass is 19.1. The topological polar surface area (TPSA) is 96.2 Å². The Balaban J connectivity index is 1.36. The Morgan fingerprint density at radius 1 is 1.03 bits per heavy atom. The number of rotatable bonds is 5. The van der Waals surface area contributed by atoms with E-state index in [2.05, 4.69) is 16.0 Å². The van der Waals surface area contributed by atoms with Crippen LogP contribution in [0.3, 0.4) is 0 Å². The molecule has 4 rings (SSSR count). The second-order valence-electron chi connectivity index (χ2n) is 7.50. The van der Waals surface area contributed by atoms with Crippen molar-refractivity contribution in [2.45, 2.75) is 25.4 Å². The molecule has 3 amide bonds. The van der Waals surface area contributed by atoms with E-state index in [1.54, 1.807) is 30.3 Å². The van der Waals surface area contributed by atoms with Crippen LogP contribution in [0.5, 0.6) is 0 Å². The molecule has 1 aliphatic rings. The maximum atomic E-state index is 13.0. The largest absolute Gasteiger partial charge is 0.397 e. The Morgan fingerprint density at radius 3 is 2.58 bits per heavy atom. The smallest absolute Gasteiger partial charge is 0.315 e. The summed E-state index contributed by atoms with van der Waals surface area (Å²) < 4.78 is 13.0. The molecule has 3 aromatic carbocycles. The van der Waals surface area contributed by atoms with Crippen molar-refractivity contribution in [2.24, 2.45) is 0 Å². The molecule has 1 unspecified atom stereocenters. The molecule has 3 aromatic rings. The number of nitrogens with one attached hydrogen (secondary N) is 3. The van der Waals surface area contributed by atoms with Crippen molar-refractivity contribution in [2.75, 3.05) is 11.1 Å². The Hall–Kier alpha value is -3.87. The van der Waals surface area contributed by atoms with Gasteiger partial charge in [0.25, 0.3) is 5.91 Å². The molecule has 7 heteroatoms. The molecule has 1 atom stereocenters. The van der Waals surface area contributed by atoms with Crippen LogP contribution in [0, 0.1) is 5.82 Å². The van der Waals surface area contributed by atoms with E-state index in [0.29, 0.717) is 23.5 Å². The molecule has 0 bridgehead atoms. The summed E-state index contributed by atoms with van der Waals surface area (Å²) >= 11 is 0. The minimum Gasteiger partial charge on any atom is -0.397 e. The molecule has 6 nitrogen and oxygen atoms in total. The molecule has 0 spiro atoms. The van der Waals surface area contributed by atoms with E-state index in [4.69, 9.17) is 5.73 Å². The van der Waals surface area contributed by atoms with Crippen LogP contribution in [0.15, 0.2) is 66.7 Å². The van der Waals surface area contributed by atoms with Gasteiger partial charge in [0.15, 0.2) is 0 Å². The van der Waals surface area contributed by atoms with Crippen molar-refractivity contribution in [1.82, 2.24) is 10.6 Å². The molecule has 0 saturated carbocycles. The van der Waals surface area contributed by atoms with E-state index >= 15 is 0 Å². The summed E-state index contributed by atoms with van der Waals surface area (Å²) in [5, 5.41) is 8.59. The summed E-state index contributed by atoms with van der Waals surface area (Å²) in [5.74, 6) is -0.537. The van der Waals surface area contributed by atoms with Crippen LogP contribution in [0.25, 0.3) is 0 Å². The van der Waals surface area contributed by atoms with Crippen LogP contribution in [-0.4, -0.2) is 11.9 Å². The van der Waals surface area contributed by atoms with E-state index in [0.717, 1.165) is 29.5 Å². The normalized spacial score (nSPS) is 14.5. The van der Waals surface area contributed by atoms with Crippen LogP contribution in [0.4, 0.5) is 20.6 Å². The number of benzene rings is 3. The second kappa shape index (κ2) is 8.87. The fourth-order valence-electron chi connectivity index (χ4n) is 3.71. The number of hydrogen-bond acceptors (Lipinski definition) is 3. The number of nitrogen functional groups attached to an aromatic ring is 1. The lowest BCUT2D eigenvalue weighted by atomic mass is 10.0. The van der Waals surface area contributed by atoms with Crippen molar-refractivity contribution < 1.29 is 14.0 Å². The highest BCUT2D eigenvalue weighted by Gasteiger charge is 2.25. The molecule has 0 aromatic heterocycles. The average Bonchev–Trinajstić information content (AvgIpc) is 3.17. The van der Waals surface area contributed by atoms with Crippen molar-refractivity contribution >= 4 is 23.3 Å². The number of anilines is 2. The van der Waals surface area contributed by atoms with Gasteiger partial charge in [0.1, 0.15) is 5.82 Å². The van der Waals surface area contributed by atoms with Gasteiger partial charge in [-0.2, -0.15) is 0 Å². The van der Waals surface area contributed by atoms with Gasteiger partial charge < -0.3 is 21.7 Å². The quantitative estimate of drug-likeness (QED) is 0.469. The molecular weight excluding hydrogens is 395 g/mol. The van der Waals surface area contributed by atoms with Gasteiger partial charge in [-0.05, 0) is 65.9 Å². The van der Waals surface area contributed by atoms with E-state index in [9.17, 15) is 14.0 Å². The number of urea groups is 1. The lowest BCUT2D eigenvalue weighted by molar-refractivity contribution is 0.102. The highest BCUT2D eigenvalue weighted by Crippen LogP contribution is 2.32. The maximum absolute atomic E-state index is 13.0. The number of amides is 3. The van der Waals surface area contributed by atoms with Crippen molar-refractivity contribution in [1.29, 1.82) is 0 Å². The van der Waals surface area contributed by atoms with Crippen molar-refractivity contribution in [3.05, 3.63) is 94.8 Å². The number of halogens is 1. The zero-order valence-corrected chi connectivity index (χ0v) is 16.8. The van der Waals surface area contributed by atoms with Gasteiger partial charge in [-0.25, -0.2) is 9.18 Å². The number of carbonyl (C=O) groups excluding carboxylic acids is 2. The molecular formula is C24H23FN4O2. The summed E-state index contributed by atoms with van der Waals surface area (Å²) in [5.41, 5.74) is 10.4. The first kappa shape index (κ1) is 20.4. The van der Waals surface area contributed by atoms with Gasteiger partial charge in [0.2, 0.25) is 0 Å². The predicted octanol–water partition coefficient (Wildman–Crippen LogP) is 4.15. The lowest BCUT2D eigenvalue weighted by Crippen LogP contribution is -2.36. The first-order chi connectivity index (χ1) is 15.0. The van der Waals surface area contributed by atoms with Crippen LogP contribution in [0.1, 0.15) is 39.5 Å². The Morgan fingerprint density at radius 2 is 1.81 bits per heavy atom. The second-order valence-corrected chi connectivity index (χ2v) is 7.50. The zero-order chi connectivity index (χ0) is 21.8. The Bertz CT molecular complexity index is 1110. The molecule has 0 aliphatic heterocycles. The van der Waals surface area contributed by atoms with Crippen LogP contribution >= 0.6 is 0 Å². The number of aryl methyl sites for hydroxylation is 1. The molecule has 31 heavy (non-hydrogen) atoms. The summed E-state index contributed by atoms with van der Waals surface area (Å²) in [6, 6.07) is 18.2. The fourth-order valence-corrected chi connectivity index (χ4v) is 3.71. The van der Waals surface area contributed by atoms with Gasteiger partial charge in [-0.15, -0.1) is 0 Å². The molecule has 0 radical (unpaired) electrons. The first-order valence-electron chi connectivity index (χ1n) is 10.1. The minimum absolute atomic E-state index is 0.120. The Labute approximate surface area is 179 Å². The standard InChI is InChI=1S/C24H23FN4O2/c25-18-9-5-15(6-10-18)14-27-24(31)29-21-12-8-16-13-17(7-11-19(16)21)23(30)28-22-4-2-1-3-20(22)26/h1-7,9-11,13,21H,8,12,14,26H2,(H,28,30)(H2,27,29,31). The van der Waals surface area contributed by atoms with Crippen LogP contribution in [-0.2, 0) is 13.0 Å². The predicted molar refractivity (Wildman–Crippen MR) is 118 cm³/mol. The van der Waals surface area contributed by atoms with Gasteiger partial charge in [-0.3, -0.25) is 4.79 Å². The third-order valence-electron chi connectivity index (χ3n) is 5.36. The highest BCUT2D eigenvalue weighted by molar-refractivity contribution is 6.05. The third-order valence-corrected chi connectivity index (χ3v) is 5.36. The minimum atomic E-state index is -0.309. The van der Waals surface area contributed by atoms with Gasteiger partial charge in [0.05, 0.1) is 17.4 Å². The first-order valence-corrected chi connectivity index (χ1v) is 10.1. The summed E-state index contributed by atoms with van der Waals surface area (Å²) in [4.78, 5) is 24.9. The molecule has 0 saturated heterocycles. The SMILES string of the molecule is Nc1ccccc1NC(=O)c1ccc2c(c1)CCC2NC(=O)NCc1ccc(F)cc1. The number of para-hydroxylation sites is 2. The van der Waals surface area contributed by atoms with E-state index in [1.807, 2.05) is 24.3 Å². The zero-order valence-electron chi connectivity index (χ0n) is 16.8. The monoisotopic (exact) mass is 418 g/mol. The average molecular weight is 418 g/mol. The molecule has 0 fully saturated rings.